The van der Waals surface area contributed by atoms with Gasteiger partial charge in [-0.25, -0.2) is 9.97 Å². The van der Waals surface area contributed by atoms with Gasteiger partial charge in [0.25, 0.3) is 11.8 Å². The third-order valence-electron chi connectivity index (χ3n) is 3.23. The molecule has 25 heavy (non-hydrogen) atoms. The van der Waals surface area contributed by atoms with Crippen LogP contribution in [0, 0.1) is 0 Å². The van der Waals surface area contributed by atoms with Crippen molar-refractivity contribution < 1.29 is 19.5 Å². The molecule has 2 rings (SSSR count). The Labute approximate surface area is 143 Å². The van der Waals surface area contributed by atoms with E-state index >= 15 is 0 Å². The van der Waals surface area contributed by atoms with Crippen molar-refractivity contribution in [3.8, 4) is 0 Å². The number of nitrogens with zero attached hydrogens (tertiary/aromatic N) is 3. The molecule has 0 bridgehead atoms. The SMILES string of the molecule is CC(=O)c1cncc(C(=O)NC[C@@H](O)CNC(=O)c2cncnc2)c1. The Morgan fingerprint density at radius 1 is 0.920 bits per heavy atom. The standard InChI is InChI=1S/C16H17N5O4/c1-10(22)11-2-12(4-17-3-11)15(24)20-7-14(23)8-21-16(25)13-5-18-9-19-6-13/h2-6,9,14,23H,7-8H2,1H3,(H,20,24)(H,21,25)/t14-/m1/s1. The van der Waals surface area contributed by atoms with Gasteiger partial charge in [-0.2, -0.15) is 0 Å². The molecule has 0 fully saturated rings. The van der Waals surface area contributed by atoms with Gasteiger partial charge in [-0.3, -0.25) is 19.4 Å². The Balaban J connectivity index is 1.80. The van der Waals surface area contributed by atoms with Gasteiger partial charge in [0.05, 0.1) is 17.2 Å². The zero-order chi connectivity index (χ0) is 18.2. The predicted octanol–water partition coefficient (Wildman–Crippen LogP) is -0.405. The number of Topliss-reactive ketones (excluding diaryl/α,β-unsaturated/α-hetero) is 1. The van der Waals surface area contributed by atoms with Crippen LogP contribution >= 0.6 is 0 Å². The number of aliphatic hydroxyl groups is 1. The fourth-order valence-electron chi connectivity index (χ4n) is 1.87. The lowest BCUT2D eigenvalue weighted by Gasteiger charge is -2.13. The molecule has 2 heterocycles. The van der Waals surface area contributed by atoms with E-state index in [9.17, 15) is 19.5 Å². The minimum atomic E-state index is -0.985. The van der Waals surface area contributed by atoms with Crippen LogP contribution in [0.2, 0.25) is 0 Å². The van der Waals surface area contributed by atoms with Crippen LogP contribution in [0.25, 0.3) is 0 Å². The molecule has 0 unspecified atom stereocenters. The quantitative estimate of drug-likeness (QED) is 0.582. The Morgan fingerprint density at radius 3 is 2.04 bits per heavy atom. The van der Waals surface area contributed by atoms with Gasteiger partial charge in [0.15, 0.2) is 5.78 Å². The van der Waals surface area contributed by atoms with Gasteiger partial charge in [0.1, 0.15) is 6.33 Å². The Hall–Kier alpha value is -3.20. The van der Waals surface area contributed by atoms with E-state index in [0.29, 0.717) is 5.56 Å². The Bertz CT molecular complexity index is 766. The lowest BCUT2D eigenvalue weighted by atomic mass is 10.1. The number of amides is 2. The summed E-state index contributed by atoms with van der Waals surface area (Å²) in [4.78, 5) is 46.4. The number of rotatable bonds is 7. The molecule has 9 heteroatoms. The van der Waals surface area contributed by atoms with Crippen molar-refractivity contribution >= 4 is 17.6 Å². The first-order valence-corrected chi connectivity index (χ1v) is 7.43. The molecular weight excluding hydrogens is 326 g/mol. The molecular formula is C16H17N5O4. The van der Waals surface area contributed by atoms with Crippen molar-refractivity contribution in [3.05, 3.63) is 53.9 Å². The van der Waals surface area contributed by atoms with Gasteiger partial charge < -0.3 is 15.7 Å². The molecule has 1 atom stereocenters. The summed E-state index contributed by atoms with van der Waals surface area (Å²) in [6.07, 6.45) is 5.72. The van der Waals surface area contributed by atoms with Gasteiger partial charge >= 0.3 is 0 Å². The van der Waals surface area contributed by atoms with Crippen LogP contribution in [0.15, 0.2) is 37.2 Å². The molecule has 9 nitrogen and oxygen atoms in total. The van der Waals surface area contributed by atoms with Crippen molar-refractivity contribution in [3.63, 3.8) is 0 Å². The molecule has 0 aromatic carbocycles. The number of aliphatic hydroxyl groups excluding tert-OH is 1. The van der Waals surface area contributed by atoms with Crippen LogP contribution in [0.3, 0.4) is 0 Å². The molecule has 2 amide bonds. The van der Waals surface area contributed by atoms with Crippen LogP contribution in [0.5, 0.6) is 0 Å². The molecule has 0 saturated carbocycles. The summed E-state index contributed by atoms with van der Waals surface area (Å²) in [6, 6.07) is 1.42. The Kier molecular flexibility index (Phi) is 6.24. The number of carbonyl (C=O) groups excluding carboxylic acids is 3. The molecule has 0 aliphatic carbocycles. The van der Waals surface area contributed by atoms with Crippen molar-refractivity contribution in [2.45, 2.75) is 13.0 Å². The normalized spacial score (nSPS) is 11.4. The largest absolute Gasteiger partial charge is 0.389 e. The van der Waals surface area contributed by atoms with Gasteiger partial charge in [-0.05, 0) is 13.0 Å². The first-order valence-electron chi connectivity index (χ1n) is 7.43. The maximum atomic E-state index is 12.0. The average Bonchev–Trinajstić information content (AvgIpc) is 2.64. The van der Waals surface area contributed by atoms with E-state index in [1.54, 1.807) is 0 Å². The van der Waals surface area contributed by atoms with Crippen LogP contribution in [-0.4, -0.2) is 56.8 Å². The lowest BCUT2D eigenvalue weighted by molar-refractivity contribution is 0.0884. The zero-order valence-electron chi connectivity index (χ0n) is 13.5. The van der Waals surface area contributed by atoms with E-state index in [1.807, 2.05) is 0 Å². The van der Waals surface area contributed by atoms with Gasteiger partial charge in [-0.1, -0.05) is 0 Å². The number of hydrogen-bond acceptors (Lipinski definition) is 7. The third-order valence-corrected chi connectivity index (χ3v) is 3.23. The summed E-state index contributed by atoms with van der Waals surface area (Å²) in [5.74, 6) is -1.10. The highest BCUT2D eigenvalue weighted by Gasteiger charge is 2.13. The molecule has 3 N–H and O–H groups in total. The van der Waals surface area contributed by atoms with Crippen LogP contribution in [0.4, 0.5) is 0 Å². The van der Waals surface area contributed by atoms with Crippen LogP contribution in [0.1, 0.15) is 38.0 Å². The molecule has 0 radical (unpaired) electrons. The van der Waals surface area contributed by atoms with E-state index in [1.165, 1.54) is 44.1 Å². The highest BCUT2D eigenvalue weighted by Crippen LogP contribution is 2.03. The fourth-order valence-corrected chi connectivity index (χ4v) is 1.87. The Morgan fingerprint density at radius 2 is 1.44 bits per heavy atom. The van der Waals surface area contributed by atoms with Crippen molar-refractivity contribution in [1.82, 2.24) is 25.6 Å². The molecule has 0 aliphatic heterocycles. The lowest BCUT2D eigenvalue weighted by Crippen LogP contribution is -2.40. The second kappa shape index (κ2) is 8.60. The van der Waals surface area contributed by atoms with Crippen LogP contribution < -0.4 is 10.6 Å². The smallest absolute Gasteiger partial charge is 0.254 e. The highest BCUT2D eigenvalue weighted by molar-refractivity contribution is 5.99. The zero-order valence-corrected chi connectivity index (χ0v) is 13.5. The summed E-state index contributed by atoms with van der Waals surface area (Å²) in [5.41, 5.74) is 0.807. The molecule has 130 valence electrons. The summed E-state index contributed by atoms with van der Waals surface area (Å²) >= 11 is 0. The molecule has 0 aliphatic rings. The first-order chi connectivity index (χ1) is 12.0. The highest BCUT2D eigenvalue weighted by atomic mass is 16.3. The predicted molar refractivity (Wildman–Crippen MR) is 86.9 cm³/mol. The summed E-state index contributed by atoms with van der Waals surface area (Å²) in [6.45, 7) is 1.25. The average molecular weight is 343 g/mol. The number of hydrogen-bond donors (Lipinski definition) is 3. The summed E-state index contributed by atoms with van der Waals surface area (Å²) in [5, 5.41) is 14.9. The van der Waals surface area contributed by atoms with E-state index in [-0.39, 0.29) is 30.0 Å². The number of ketones is 1. The number of aromatic nitrogens is 3. The second-order valence-electron chi connectivity index (χ2n) is 5.22. The minimum Gasteiger partial charge on any atom is -0.389 e. The summed E-state index contributed by atoms with van der Waals surface area (Å²) in [7, 11) is 0. The number of nitrogens with one attached hydrogen (secondary N) is 2. The molecule has 2 aromatic rings. The number of carbonyl (C=O) groups is 3. The van der Waals surface area contributed by atoms with Gasteiger partial charge in [0, 0.05) is 43.4 Å². The van der Waals surface area contributed by atoms with Gasteiger partial charge in [-0.15, -0.1) is 0 Å². The van der Waals surface area contributed by atoms with Crippen LogP contribution in [-0.2, 0) is 0 Å². The monoisotopic (exact) mass is 343 g/mol. The fraction of sp³-hybridized carbons (Fsp3) is 0.250. The van der Waals surface area contributed by atoms with Gasteiger partial charge in [0.2, 0.25) is 0 Å². The molecule has 0 spiro atoms. The van der Waals surface area contributed by atoms with E-state index < -0.39 is 17.9 Å². The van der Waals surface area contributed by atoms with Crippen molar-refractivity contribution in [2.75, 3.05) is 13.1 Å². The second-order valence-corrected chi connectivity index (χ2v) is 5.22. The van der Waals surface area contributed by atoms with E-state index in [2.05, 4.69) is 25.6 Å². The van der Waals surface area contributed by atoms with E-state index in [0.717, 1.165) is 0 Å². The van der Waals surface area contributed by atoms with Crippen molar-refractivity contribution in [1.29, 1.82) is 0 Å². The minimum absolute atomic E-state index is 0.0558. The van der Waals surface area contributed by atoms with E-state index in [4.69, 9.17) is 0 Å². The summed E-state index contributed by atoms with van der Waals surface area (Å²) < 4.78 is 0. The maximum absolute atomic E-state index is 12.0. The third kappa shape index (κ3) is 5.43. The molecule has 0 saturated heterocycles. The molecule has 2 aromatic heterocycles. The first kappa shape index (κ1) is 18.1. The number of pyridine rings is 1. The van der Waals surface area contributed by atoms with Crippen molar-refractivity contribution in [2.24, 2.45) is 0 Å². The maximum Gasteiger partial charge on any atom is 0.254 e. The topological polar surface area (TPSA) is 134 Å².